The molecule has 7 unspecified atom stereocenters. The number of unbranched alkanes of at least 4 members (excludes halogenated alkanes) is 3. The number of aryl methyl sites for hydroxylation is 7. The van der Waals surface area contributed by atoms with Crippen molar-refractivity contribution < 1.29 is 35.7 Å². The number of hydrogen-bond acceptors (Lipinski definition) is 28. The molecule has 7 rings (SSSR count). The fourth-order valence-corrected chi connectivity index (χ4v) is 13.9. The maximum Gasteiger partial charge on any atom is 0.0842 e. The lowest BCUT2D eigenvalue weighted by molar-refractivity contribution is 0.149. The molecule has 7 aromatic rings. The van der Waals surface area contributed by atoms with Gasteiger partial charge in [-0.1, -0.05) is 19.3 Å². The van der Waals surface area contributed by atoms with E-state index in [9.17, 15) is 35.7 Å². The van der Waals surface area contributed by atoms with Crippen molar-refractivity contribution >= 4 is 79.6 Å². The van der Waals surface area contributed by atoms with E-state index in [-0.39, 0.29) is 30.5 Å². The highest BCUT2D eigenvalue weighted by atomic mass is 16.3. The van der Waals surface area contributed by atoms with Crippen molar-refractivity contribution in [1.82, 2.24) is 0 Å². The van der Waals surface area contributed by atoms with Gasteiger partial charge in [0.15, 0.2) is 0 Å². The van der Waals surface area contributed by atoms with Gasteiger partial charge in [0.25, 0.3) is 0 Å². The van der Waals surface area contributed by atoms with Gasteiger partial charge in [-0.3, -0.25) is 0 Å². The Morgan fingerprint density at radius 3 is 0.593 bits per heavy atom. The van der Waals surface area contributed by atoms with E-state index < -0.39 is 12.2 Å². The monoisotopic (exact) mass is 1650 g/mol. The summed E-state index contributed by atoms with van der Waals surface area (Å²) in [5.74, 6) is 0. The Hall–Kier alpha value is -8.82. The molecule has 0 spiro atoms. The molecule has 28 heteroatoms. The average Bonchev–Trinajstić information content (AvgIpc) is 0.842. The van der Waals surface area contributed by atoms with Gasteiger partial charge in [0.2, 0.25) is 0 Å². The SMILES string of the molecule is Cc1cc(N)c(C(O)CCCN)c(N)c1.Cc1cc(N)c(C(O)CCN)c(N)c1.Cc1cc(N)c(CCCC(O)CCCN)c(N)c1.Cc1cc(N)c(CCCC(O)CCN)c(N)c1.Cc1cc(N)c(CCCCC(O)CCCN)c(N)c1.Cc1cc(N)c(CCCCC(O)CCN)c(N)c1.Cc1cc(N)c(CCCCC(O)CN)c(N)c1. The summed E-state index contributed by atoms with van der Waals surface area (Å²) in [4.78, 5) is 0. The van der Waals surface area contributed by atoms with E-state index in [4.69, 9.17) is 120 Å². The number of nitrogens with two attached hydrogens (primary N) is 21. The predicted octanol–water partition coefficient (Wildman–Crippen LogP) is 8.99. The third-order valence-electron chi connectivity index (χ3n) is 20.2. The molecule has 666 valence electrons. The number of aliphatic hydroxyl groups is 7. The highest BCUT2D eigenvalue weighted by molar-refractivity contribution is 5.68. The second-order valence-corrected chi connectivity index (χ2v) is 31.4. The molecular weight excluding hydrogens is 1490 g/mol. The molecule has 7 aromatic carbocycles. The molecule has 0 heterocycles. The van der Waals surface area contributed by atoms with Crippen LogP contribution in [0.15, 0.2) is 84.9 Å². The van der Waals surface area contributed by atoms with Gasteiger partial charge in [-0.05, 0) is 394 Å². The molecule has 0 fully saturated rings. The van der Waals surface area contributed by atoms with Crippen LogP contribution in [0.4, 0.5) is 79.6 Å². The van der Waals surface area contributed by atoms with E-state index >= 15 is 0 Å². The molecule has 0 aliphatic rings. The zero-order valence-corrected chi connectivity index (χ0v) is 72.4. The minimum absolute atomic E-state index is 0.226. The van der Waals surface area contributed by atoms with Crippen LogP contribution in [0.3, 0.4) is 0 Å². The van der Waals surface area contributed by atoms with Crippen LogP contribution in [-0.2, 0) is 32.1 Å². The van der Waals surface area contributed by atoms with Crippen LogP contribution in [0, 0.1) is 48.5 Å². The van der Waals surface area contributed by atoms with Gasteiger partial charge in [0.05, 0.1) is 42.7 Å². The lowest BCUT2D eigenvalue weighted by Gasteiger charge is -2.16. The summed E-state index contributed by atoms with van der Waals surface area (Å²) in [6, 6.07) is 26.7. The number of benzene rings is 7. The fraction of sp³-hybridized carbons (Fsp3) is 0.533. The minimum atomic E-state index is -0.666. The van der Waals surface area contributed by atoms with Crippen LogP contribution in [0.5, 0.6) is 0 Å². The first kappa shape index (κ1) is 107. The predicted molar refractivity (Wildman–Crippen MR) is 503 cm³/mol. The minimum Gasteiger partial charge on any atom is -0.398 e. The smallest absolute Gasteiger partial charge is 0.0842 e. The topological polar surface area (TPSA) is 688 Å². The summed E-state index contributed by atoms with van der Waals surface area (Å²) in [7, 11) is 0. The summed E-state index contributed by atoms with van der Waals surface area (Å²) >= 11 is 0. The molecule has 0 aliphatic carbocycles. The maximum absolute atomic E-state index is 9.89. The zero-order valence-electron chi connectivity index (χ0n) is 72.4. The summed E-state index contributed by atoms with van der Waals surface area (Å²) in [6.07, 6.45) is 19.4. The number of anilines is 14. The van der Waals surface area contributed by atoms with Gasteiger partial charge < -0.3 is 156 Å². The van der Waals surface area contributed by atoms with Crippen molar-refractivity contribution in [2.45, 2.75) is 265 Å². The number of rotatable bonds is 41. The third kappa shape index (κ3) is 43.2. The van der Waals surface area contributed by atoms with Gasteiger partial charge in [0.1, 0.15) is 0 Å². The first-order valence-electron chi connectivity index (χ1n) is 42.0. The highest BCUT2D eigenvalue weighted by Crippen LogP contribution is 2.34. The molecular formula is C90H159N21O7. The Labute approximate surface area is 705 Å². The maximum atomic E-state index is 9.89. The summed E-state index contributed by atoms with van der Waals surface area (Å²) in [6.45, 7) is 17.4. The molecule has 0 radical (unpaired) electrons. The molecule has 0 saturated heterocycles. The van der Waals surface area contributed by atoms with Crippen LogP contribution in [0.1, 0.15) is 231 Å². The second kappa shape index (κ2) is 59.8. The van der Waals surface area contributed by atoms with Crippen molar-refractivity contribution in [2.24, 2.45) is 40.1 Å². The zero-order chi connectivity index (χ0) is 89.1. The molecule has 7 atom stereocenters. The van der Waals surface area contributed by atoms with Crippen molar-refractivity contribution in [1.29, 1.82) is 0 Å². The Kier molecular flexibility index (Phi) is 54.3. The largest absolute Gasteiger partial charge is 0.398 e. The molecule has 28 nitrogen and oxygen atoms in total. The Bertz CT molecular complexity index is 3780. The molecule has 0 bridgehead atoms. The van der Waals surface area contributed by atoms with Crippen LogP contribution in [0.2, 0.25) is 0 Å². The number of hydrogen-bond donors (Lipinski definition) is 28. The summed E-state index contributed by atoms with van der Waals surface area (Å²) in [5.41, 5.74) is 144. The number of nitrogen functional groups attached to an aromatic ring is 14. The molecule has 0 aromatic heterocycles. The van der Waals surface area contributed by atoms with Crippen LogP contribution < -0.4 is 120 Å². The van der Waals surface area contributed by atoms with E-state index in [2.05, 4.69) is 0 Å². The Morgan fingerprint density at radius 1 is 0.195 bits per heavy atom. The van der Waals surface area contributed by atoms with Crippen LogP contribution >= 0.6 is 0 Å². The Balaban J connectivity index is 0.000000690. The first-order valence-corrected chi connectivity index (χ1v) is 42.0. The fourth-order valence-electron chi connectivity index (χ4n) is 13.9. The average molecular weight is 1650 g/mol. The molecule has 0 aliphatic heterocycles. The molecule has 49 N–H and O–H groups in total. The molecule has 0 amide bonds. The van der Waals surface area contributed by atoms with E-state index in [0.717, 1.165) is 271 Å². The van der Waals surface area contributed by atoms with Crippen molar-refractivity contribution in [3.63, 3.8) is 0 Å². The lowest BCUT2D eigenvalue weighted by atomic mass is 9.99. The van der Waals surface area contributed by atoms with Crippen molar-refractivity contribution in [2.75, 3.05) is 126 Å². The van der Waals surface area contributed by atoms with Crippen molar-refractivity contribution in [3.05, 3.63) is 163 Å². The van der Waals surface area contributed by atoms with Gasteiger partial charge in [0, 0.05) is 97.3 Å². The van der Waals surface area contributed by atoms with E-state index in [1.807, 2.05) is 121 Å². The summed E-state index contributed by atoms with van der Waals surface area (Å²) < 4.78 is 0. The third-order valence-corrected chi connectivity index (χ3v) is 20.2. The highest BCUT2D eigenvalue weighted by Gasteiger charge is 2.18. The van der Waals surface area contributed by atoms with Gasteiger partial charge >= 0.3 is 0 Å². The molecule has 118 heavy (non-hydrogen) atoms. The van der Waals surface area contributed by atoms with Gasteiger partial charge in [-0.25, -0.2) is 0 Å². The summed E-state index contributed by atoms with van der Waals surface area (Å²) in [5, 5.41) is 67.5. The number of aliphatic hydroxyl groups excluding tert-OH is 7. The first-order chi connectivity index (χ1) is 55.8. The van der Waals surface area contributed by atoms with E-state index in [1.54, 1.807) is 12.1 Å². The lowest BCUT2D eigenvalue weighted by Crippen LogP contribution is -2.19. The van der Waals surface area contributed by atoms with Crippen LogP contribution in [-0.4, -0.2) is 112 Å². The van der Waals surface area contributed by atoms with Gasteiger partial charge in [-0.2, -0.15) is 0 Å². The van der Waals surface area contributed by atoms with E-state index in [0.29, 0.717) is 105 Å². The van der Waals surface area contributed by atoms with Crippen LogP contribution in [0.25, 0.3) is 0 Å². The van der Waals surface area contributed by atoms with E-state index in [1.165, 1.54) is 0 Å². The van der Waals surface area contributed by atoms with Crippen molar-refractivity contribution in [3.8, 4) is 0 Å². The Morgan fingerprint density at radius 2 is 0.373 bits per heavy atom. The second-order valence-electron chi connectivity index (χ2n) is 31.4. The quantitative estimate of drug-likeness (QED) is 0.0125. The normalized spacial score (nSPS) is 12.7. The molecule has 0 saturated carbocycles. The van der Waals surface area contributed by atoms with Gasteiger partial charge in [-0.15, -0.1) is 0 Å². The standard InChI is InChI=1S/C15H27N3O.2C14H25N3O.2C13H23N3O.C11H19N3O.C10H17N3O/c1-11-9-14(17)13(15(18)10-11)7-3-2-5-12(19)6-4-8-16;1-10-8-13(16)12(14(17)9-10)6-2-4-11(18)5-3-7-15;1-10-8-13(16)12(14(17)9-10)5-3-2-4-11(18)6-7-15;1-9-7-12(15)11(13(16)8-9)4-2-3-10(17)5-6-14;1-9-6-12(15)11(13(16)7-9)5-3-2-4-10(17)8-14;1-7-5-8(13)11(9(14)6-7)10(15)3-2-4-12;1-6-4-7(12)10(8(13)5-6)9(14)2-3-11/h9-10,12,19H,2-8,16-18H2,1H3;2*8-9,11,18H,2-7,15-17H2,1H3;7-8,10,17H,2-6,14-16H2,1H3;6-7,10,17H,2-5,8,14-16H2,1H3;5-6,10,15H,2-4,12-14H2,1H3;4-5,9,14H,2-3,11-13H2,1H3.